The van der Waals surface area contributed by atoms with E-state index in [2.05, 4.69) is 15.5 Å². The van der Waals surface area contributed by atoms with E-state index in [0.29, 0.717) is 6.42 Å². The molecule has 0 saturated heterocycles. The molecule has 1 N–H and O–H groups in total. The molecule has 0 spiro atoms. The predicted octanol–water partition coefficient (Wildman–Crippen LogP) is 3.15. The third kappa shape index (κ3) is 3.53. The van der Waals surface area contributed by atoms with E-state index in [9.17, 15) is 9.18 Å². The monoisotopic (exact) mass is 335 g/mol. The number of hydrazone groups is 1. The van der Waals surface area contributed by atoms with Gasteiger partial charge in [-0.3, -0.25) is 4.79 Å². The Morgan fingerprint density at radius 2 is 2.36 bits per heavy atom. The number of thiazole rings is 1. The summed E-state index contributed by atoms with van der Waals surface area (Å²) in [7, 11) is 0. The lowest BCUT2D eigenvalue weighted by atomic mass is 10.1. The van der Waals surface area contributed by atoms with Gasteiger partial charge in [0.15, 0.2) is 0 Å². The van der Waals surface area contributed by atoms with E-state index in [1.807, 2.05) is 12.3 Å². The van der Waals surface area contributed by atoms with Crippen LogP contribution in [0.5, 0.6) is 0 Å². The number of hydrogen-bond donors (Lipinski definition) is 1. The van der Waals surface area contributed by atoms with Crippen LogP contribution >= 0.6 is 23.1 Å². The summed E-state index contributed by atoms with van der Waals surface area (Å²) in [6.45, 7) is 1.90. The van der Waals surface area contributed by atoms with Crippen LogP contribution in [0.15, 0.2) is 33.6 Å². The number of fused-ring (bicyclic) bond motifs is 1. The van der Waals surface area contributed by atoms with Gasteiger partial charge in [0.2, 0.25) is 5.91 Å². The number of amides is 1. The fraction of sp³-hybridized carbons (Fsp3) is 0.267. The molecule has 0 atom stereocenters. The average Bonchev–Trinajstić information content (AvgIpc) is 2.90. The number of benzene rings is 1. The Kier molecular flexibility index (Phi) is 4.54. The predicted molar refractivity (Wildman–Crippen MR) is 87.0 cm³/mol. The number of hydrogen-bond acceptors (Lipinski definition) is 5. The molecule has 22 heavy (non-hydrogen) atoms. The van der Waals surface area contributed by atoms with Crippen LogP contribution in [0.25, 0.3) is 0 Å². The minimum absolute atomic E-state index is 0.200. The number of nitrogens with one attached hydrogen (secondary N) is 1. The lowest BCUT2D eigenvalue weighted by molar-refractivity contribution is -0.120. The summed E-state index contributed by atoms with van der Waals surface area (Å²) in [5.41, 5.74) is 4.78. The van der Waals surface area contributed by atoms with Gasteiger partial charge in [-0.2, -0.15) is 5.10 Å². The second-order valence-corrected chi connectivity index (χ2v) is 7.07. The molecule has 1 aliphatic heterocycles. The SMILES string of the molecule is Cc1nc(CC(=O)NN=C2CCSc3ccc(F)cc32)cs1. The van der Waals surface area contributed by atoms with E-state index in [1.54, 1.807) is 17.8 Å². The number of rotatable bonds is 3. The van der Waals surface area contributed by atoms with Crippen molar-refractivity contribution in [3.63, 3.8) is 0 Å². The Bertz CT molecular complexity index is 742. The van der Waals surface area contributed by atoms with Crippen molar-refractivity contribution in [3.8, 4) is 0 Å². The molecule has 2 aromatic rings. The first kappa shape index (κ1) is 15.2. The van der Waals surface area contributed by atoms with Gasteiger partial charge < -0.3 is 0 Å². The van der Waals surface area contributed by atoms with Crippen molar-refractivity contribution in [2.24, 2.45) is 5.10 Å². The van der Waals surface area contributed by atoms with E-state index in [1.165, 1.54) is 23.5 Å². The molecule has 1 aromatic carbocycles. The van der Waals surface area contributed by atoms with Crippen molar-refractivity contribution < 1.29 is 9.18 Å². The van der Waals surface area contributed by atoms with Crippen LogP contribution in [0, 0.1) is 12.7 Å². The zero-order valence-electron chi connectivity index (χ0n) is 11.9. The van der Waals surface area contributed by atoms with Gasteiger partial charge in [-0.05, 0) is 25.1 Å². The Labute approximate surface area is 135 Å². The topological polar surface area (TPSA) is 54.4 Å². The standard InChI is InChI=1S/C15H14FN3OS2/c1-9-17-11(8-22-9)7-15(20)19-18-13-4-5-21-14-3-2-10(16)6-12(13)14/h2-3,6,8H,4-5,7H2,1H3,(H,19,20). The van der Waals surface area contributed by atoms with E-state index in [0.717, 1.165) is 32.6 Å². The zero-order valence-corrected chi connectivity index (χ0v) is 13.6. The number of thioether (sulfide) groups is 1. The molecule has 1 aliphatic rings. The first-order chi connectivity index (χ1) is 10.6. The molecule has 0 radical (unpaired) electrons. The van der Waals surface area contributed by atoms with Gasteiger partial charge >= 0.3 is 0 Å². The molecular formula is C15H14FN3OS2. The molecular weight excluding hydrogens is 321 g/mol. The van der Waals surface area contributed by atoms with Crippen molar-refractivity contribution >= 4 is 34.7 Å². The quantitative estimate of drug-likeness (QED) is 0.877. The highest BCUT2D eigenvalue weighted by Gasteiger charge is 2.17. The van der Waals surface area contributed by atoms with E-state index in [4.69, 9.17) is 0 Å². The summed E-state index contributed by atoms with van der Waals surface area (Å²) < 4.78 is 13.4. The van der Waals surface area contributed by atoms with Gasteiger partial charge in [-0.25, -0.2) is 14.8 Å². The second kappa shape index (κ2) is 6.58. The van der Waals surface area contributed by atoms with Gasteiger partial charge in [0.25, 0.3) is 0 Å². The fourth-order valence-corrected chi connectivity index (χ4v) is 3.81. The van der Waals surface area contributed by atoms with E-state index in [-0.39, 0.29) is 18.1 Å². The fourth-order valence-electron chi connectivity index (χ4n) is 2.19. The van der Waals surface area contributed by atoms with Crippen LogP contribution in [-0.4, -0.2) is 22.4 Å². The van der Waals surface area contributed by atoms with Gasteiger partial charge in [0.1, 0.15) is 5.82 Å². The molecule has 0 fully saturated rings. The van der Waals surface area contributed by atoms with Crippen molar-refractivity contribution in [3.05, 3.63) is 45.7 Å². The minimum Gasteiger partial charge on any atom is -0.273 e. The van der Waals surface area contributed by atoms with Crippen LogP contribution in [0.4, 0.5) is 4.39 Å². The molecule has 0 bridgehead atoms. The number of aromatic nitrogens is 1. The zero-order chi connectivity index (χ0) is 15.5. The van der Waals surface area contributed by atoms with Crippen LogP contribution in [0.3, 0.4) is 0 Å². The van der Waals surface area contributed by atoms with Crippen LogP contribution in [0.1, 0.15) is 22.7 Å². The maximum atomic E-state index is 13.4. The minimum atomic E-state index is -0.293. The molecule has 2 heterocycles. The lowest BCUT2D eigenvalue weighted by Crippen LogP contribution is -2.23. The lowest BCUT2D eigenvalue weighted by Gasteiger charge is -2.17. The highest BCUT2D eigenvalue weighted by molar-refractivity contribution is 7.99. The van der Waals surface area contributed by atoms with Gasteiger partial charge in [-0.15, -0.1) is 23.1 Å². The van der Waals surface area contributed by atoms with Crippen molar-refractivity contribution in [2.75, 3.05) is 5.75 Å². The maximum absolute atomic E-state index is 13.4. The van der Waals surface area contributed by atoms with Gasteiger partial charge in [0.05, 0.1) is 22.8 Å². The highest BCUT2D eigenvalue weighted by Crippen LogP contribution is 2.30. The summed E-state index contributed by atoms with van der Waals surface area (Å²) in [4.78, 5) is 17.2. The third-order valence-electron chi connectivity index (χ3n) is 3.17. The summed E-state index contributed by atoms with van der Waals surface area (Å²) in [6, 6.07) is 4.66. The van der Waals surface area contributed by atoms with Crippen molar-refractivity contribution in [1.82, 2.24) is 10.4 Å². The molecule has 4 nitrogen and oxygen atoms in total. The summed E-state index contributed by atoms with van der Waals surface area (Å²) in [6.07, 6.45) is 0.906. The van der Waals surface area contributed by atoms with Crippen LogP contribution < -0.4 is 5.43 Å². The Hall–Kier alpha value is -1.73. The largest absolute Gasteiger partial charge is 0.273 e. The molecule has 0 aliphatic carbocycles. The number of nitrogens with zero attached hydrogens (tertiary/aromatic N) is 2. The molecule has 1 amide bonds. The molecule has 0 saturated carbocycles. The third-order valence-corrected chi connectivity index (χ3v) is 5.07. The van der Waals surface area contributed by atoms with Crippen LogP contribution in [0.2, 0.25) is 0 Å². The highest BCUT2D eigenvalue weighted by atomic mass is 32.2. The molecule has 0 unspecified atom stereocenters. The summed E-state index contributed by atoms with van der Waals surface area (Å²) in [5.74, 6) is 0.366. The normalized spacial score (nSPS) is 15.6. The average molecular weight is 335 g/mol. The number of carbonyl (C=O) groups is 1. The van der Waals surface area contributed by atoms with E-state index >= 15 is 0 Å². The van der Waals surface area contributed by atoms with Crippen molar-refractivity contribution in [2.45, 2.75) is 24.7 Å². The Balaban J connectivity index is 1.71. The molecule has 114 valence electrons. The molecule has 7 heteroatoms. The number of carbonyl (C=O) groups excluding carboxylic acids is 1. The summed E-state index contributed by atoms with van der Waals surface area (Å²) in [5, 5.41) is 6.98. The maximum Gasteiger partial charge on any atom is 0.246 e. The molecule has 1 aromatic heterocycles. The first-order valence-electron chi connectivity index (χ1n) is 6.81. The Morgan fingerprint density at radius 3 is 3.14 bits per heavy atom. The number of halogens is 1. The van der Waals surface area contributed by atoms with E-state index < -0.39 is 0 Å². The summed E-state index contributed by atoms with van der Waals surface area (Å²) >= 11 is 3.19. The molecule has 3 rings (SSSR count). The Morgan fingerprint density at radius 1 is 1.50 bits per heavy atom. The van der Waals surface area contributed by atoms with Gasteiger partial charge in [-0.1, -0.05) is 0 Å². The number of aryl methyl sites for hydroxylation is 1. The van der Waals surface area contributed by atoms with Gasteiger partial charge in [0, 0.05) is 28.0 Å². The van der Waals surface area contributed by atoms with Crippen LogP contribution in [-0.2, 0) is 11.2 Å². The first-order valence-corrected chi connectivity index (χ1v) is 8.67. The second-order valence-electron chi connectivity index (χ2n) is 4.87. The van der Waals surface area contributed by atoms with Crippen molar-refractivity contribution in [1.29, 1.82) is 0 Å². The smallest absolute Gasteiger partial charge is 0.246 e.